The number of ether oxygens (including phenoxy) is 2. The van der Waals surface area contributed by atoms with E-state index in [2.05, 4.69) is 15.3 Å². The Morgan fingerprint density at radius 1 is 1.08 bits per heavy atom. The number of anilines is 2. The maximum atomic E-state index is 13.8. The quantitative estimate of drug-likeness (QED) is 0.490. The lowest BCUT2D eigenvalue weighted by atomic mass is 9.87. The molecule has 3 aromatic rings. The van der Waals surface area contributed by atoms with Crippen LogP contribution in [-0.2, 0) is 38.8 Å². The zero-order valence-electron chi connectivity index (χ0n) is 19.9. The molecule has 1 atom stereocenters. The highest BCUT2D eigenvalue weighted by Crippen LogP contribution is 2.42. The van der Waals surface area contributed by atoms with Crippen LogP contribution in [0.3, 0.4) is 0 Å². The fourth-order valence-electron chi connectivity index (χ4n) is 5.50. The van der Waals surface area contributed by atoms with Crippen molar-refractivity contribution < 1.29 is 19.1 Å². The molecule has 1 saturated heterocycles. The summed E-state index contributed by atoms with van der Waals surface area (Å²) < 4.78 is 12.2. The van der Waals surface area contributed by atoms with Gasteiger partial charge in [-0.05, 0) is 55.2 Å². The standard InChI is InChI=1S/C26H29N5O4S/c27-24-19-13-35-12-18(19)21(10-28-24)30-25(32)26(33)31(11-15-1-4-22-20(9-15)29-14-36-22)23(16-2-3-16)17-5-7-34-8-6-17/h1,4,9-10,14,16-17,23H,2-3,5-8,11-13H2,(H2,27,28)(H,30,32). The summed E-state index contributed by atoms with van der Waals surface area (Å²) in [5.74, 6) is -0.0888. The number of nitrogens with zero attached hydrogens (tertiary/aromatic N) is 3. The highest BCUT2D eigenvalue weighted by molar-refractivity contribution is 7.16. The number of nitrogens with one attached hydrogen (secondary N) is 1. The molecule has 2 amide bonds. The van der Waals surface area contributed by atoms with E-state index in [-0.39, 0.29) is 6.04 Å². The van der Waals surface area contributed by atoms with Crippen LogP contribution in [0.2, 0.25) is 0 Å². The van der Waals surface area contributed by atoms with Crippen molar-refractivity contribution in [3.05, 3.63) is 46.6 Å². The van der Waals surface area contributed by atoms with Crippen LogP contribution in [0.4, 0.5) is 11.5 Å². The summed E-state index contributed by atoms with van der Waals surface area (Å²) in [6.45, 7) is 2.42. The van der Waals surface area contributed by atoms with E-state index in [1.807, 2.05) is 23.7 Å². The number of pyridine rings is 1. The molecule has 188 valence electrons. The van der Waals surface area contributed by atoms with Crippen molar-refractivity contribution in [1.29, 1.82) is 0 Å². The average molecular weight is 508 g/mol. The summed E-state index contributed by atoms with van der Waals surface area (Å²) in [7, 11) is 0. The van der Waals surface area contributed by atoms with Gasteiger partial charge in [0.2, 0.25) is 0 Å². The fraction of sp³-hybridized carbons (Fsp3) is 0.462. The van der Waals surface area contributed by atoms with Gasteiger partial charge in [-0.25, -0.2) is 9.97 Å². The van der Waals surface area contributed by atoms with Gasteiger partial charge >= 0.3 is 11.8 Å². The summed E-state index contributed by atoms with van der Waals surface area (Å²) in [5.41, 5.74) is 11.7. The van der Waals surface area contributed by atoms with Crippen LogP contribution < -0.4 is 11.1 Å². The van der Waals surface area contributed by atoms with Gasteiger partial charge in [0.25, 0.3) is 0 Å². The SMILES string of the molecule is Nc1ncc(NC(=O)C(=O)N(Cc2ccc3scnc3c2)C(C2CCOCC2)C2CC2)c2c1COC2. The lowest BCUT2D eigenvalue weighted by molar-refractivity contribution is -0.147. The van der Waals surface area contributed by atoms with Crippen molar-refractivity contribution in [1.82, 2.24) is 14.9 Å². The minimum absolute atomic E-state index is 0.00290. The van der Waals surface area contributed by atoms with Crippen LogP contribution in [0.1, 0.15) is 42.4 Å². The molecular formula is C26H29N5O4S. The zero-order chi connectivity index (χ0) is 24.6. The molecule has 36 heavy (non-hydrogen) atoms. The third kappa shape index (κ3) is 4.56. The van der Waals surface area contributed by atoms with Crippen molar-refractivity contribution in [2.24, 2.45) is 11.8 Å². The van der Waals surface area contributed by atoms with E-state index in [9.17, 15) is 9.59 Å². The van der Waals surface area contributed by atoms with Gasteiger partial charge in [0.15, 0.2) is 0 Å². The lowest BCUT2D eigenvalue weighted by Crippen LogP contribution is -2.50. The van der Waals surface area contributed by atoms with Gasteiger partial charge in [-0.3, -0.25) is 9.59 Å². The number of nitrogen functional groups attached to an aromatic ring is 1. The molecule has 1 aromatic carbocycles. The summed E-state index contributed by atoms with van der Waals surface area (Å²) in [4.78, 5) is 37.7. The van der Waals surface area contributed by atoms with Crippen LogP contribution in [0.5, 0.6) is 0 Å². The molecule has 4 heterocycles. The first-order valence-corrected chi connectivity index (χ1v) is 13.3. The summed E-state index contributed by atoms with van der Waals surface area (Å²) in [6, 6.07) is 6.08. The van der Waals surface area contributed by atoms with Crippen molar-refractivity contribution in [2.75, 3.05) is 24.3 Å². The number of fused-ring (bicyclic) bond motifs is 2. The molecule has 3 aliphatic rings. The van der Waals surface area contributed by atoms with Crippen molar-refractivity contribution in [2.45, 2.75) is 51.5 Å². The second-order valence-corrected chi connectivity index (χ2v) is 10.7. The van der Waals surface area contributed by atoms with Gasteiger partial charge in [-0.1, -0.05) is 6.07 Å². The number of rotatable bonds is 6. The Bertz CT molecular complexity index is 1300. The molecule has 2 fully saturated rings. The molecule has 9 nitrogen and oxygen atoms in total. The van der Waals surface area contributed by atoms with Crippen molar-refractivity contribution in [3.63, 3.8) is 0 Å². The average Bonchev–Trinajstić information content (AvgIpc) is 3.39. The smallest absolute Gasteiger partial charge is 0.313 e. The molecule has 1 unspecified atom stereocenters. The third-order valence-electron chi connectivity index (χ3n) is 7.49. The van der Waals surface area contributed by atoms with E-state index in [4.69, 9.17) is 15.2 Å². The van der Waals surface area contributed by atoms with Crippen LogP contribution in [0, 0.1) is 11.8 Å². The van der Waals surface area contributed by atoms with E-state index in [0.29, 0.717) is 56.3 Å². The van der Waals surface area contributed by atoms with E-state index in [1.165, 1.54) is 6.20 Å². The first-order valence-electron chi connectivity index (χ1n) is 12.4. The van der Waals surface area contributed by atoms with Gasteiger partial charge in [0, 0.05) is 36.9 Å². The highest BCUT2D eigenvalue weighted by Gasteiger charge is 2.44. The van der Waals surface area contributed by atoms with Gasteiger partial charge < -0.3 is 25.4 Å². The molecule has 0 bridgehead atoms. The summed E-state index contributed by atoms with van der Waals surface area (Å²) in [5, 5.41) is 2.81. The maximum absolute atomic E-state index is 13.8. The van der Waals surface area contributed by atoms with Crippen LogP contribution in [0.25, 0.3) is 10.2 Å². The monoisotopic (exact) mass is 507 g/mol. The molecule has 6 rings (SSSR count). The zero-order valence-corrected chi connectivity index (χ0v) is 20.8. The molecule has 1 saturated carbocycles. The minimum Gasteiger partial charge on any atom is -0.383 e. The second-order valence-electron chi connectivity index (χ2n) is 9.83. The second kappa shape index (κ2) is 9.76. The third-order valence-corrected chi connectivity index (χ3v) is 8.30. The minimum atomic E-state index is -0.664. The predicted molar refractivity (Wildman–Crippen MR) is 136 cm³/mol. The Hall–Kier alpha value is -3.08. The summed E-state index contributed by atoms with van der Waals surface area (Å²) in [6.07, 6.45) is 5.44. The largest absolute Gasteiger partial charge is 0.383 e. The Morgan fingerprint density at radius 3 is 2.67 bits per heavy atom. The highest BCUT2D eigenvalue weighted by atomic mass is 32.1. The number of benzene rings is 1. The molecule has 2 aromatic heterocycles. The number of hydrogen-bond acceptors (Lipinski definition) is 8. The number of carbonyl (C=O) groups excluding carboxylic acids is 2. The molecule has 2 aliphatic heterocycles. The topological polar surface area (TPSA) is 120 Å². The number of amides is 2. The van der Waals surface area contributed by atoms with E-state index < -0.39 is 11.8 Å². The Kier molecular flexibility index (Phi) is 6.32. The number of nitrogens with two attached hydrogens (primary N) is 1. The normalized spacial score (nSPS) is 18.7. The van der Waals surface area contributed by atoms with E-state index in [0.717, 1.165) is 52.6 Å². The first-order chi connectivity index (χ1) is 17.6. The number of aromatic nitrogens is 2. The first kappa shape index (κ1) is 23.3. The van der Waals surface area contributed by atoms with Gasteiger partial charge in [-0.15, -0.1) is 11.3 Å². The Labute approximate surface area is 213 Å². The molecule has 10 heteroatoms. The number of carbonyl (C=O) groups is 2. The Balaban J connectivity index is 1.30. The fourth-order valence-corrected chi connectivity index (χ4v) is 6.16. The number of thiazole rings is 1. The lowest BCUT2D eigenvalue weighted by Gasteiger charge is -2.39. The van der Waals surface area contributed by atoms with Gasteiger partial charge in [-0.2, -0.15) is 0 Å². The van der Waals surface area contributed by atoms with Crippen LogP contribution in [-0.4, -0.2) is 45.9 Å². The molecule has 3 N–H and O–H groups in total. The van der Waals surface area contributed by atoms with Crippen molar-refractivity contribution in [3.8, 4) is 0 Å². The van der Waals surface area contributed by atoms with E-state index >= 15 is 0 Å². The molecule has 0 spiro atoms. The molecule has 1 aliphatic carbocycles. The van der Waals surface area contributed by atoms with E-state index in [1.54, 1.807) is 16.2 Å². The molecular weight excluding hydrogens is 478 g/mol. The summed E-state index contributed by atoms with van der Waals surface area (Å²) >= 11 is 1.59. The van der Waals surface area contributed by atoms with Crippen molar-refractivity contribution >= 4 is 44.9 Å². The van der Waals surface area contributed by atoms with Crippen LogP contribution >= 0.6 is 11.3 Å². The predicted octanol–water partition coefficient (Wildman–Crippen LogP) is 3.48. The Morgan fingerprint density at radius 2 is 1.86 bits per heavy atom. The molecule has 0 radical (unpaired) electrons. The maximum Gasteiger partial charge on any atom is 0.313 e. The van der Waals surface area contributed by atoms with Crippen LogP contribution in [0.15, 0.2) is 29.9 Å². The van der Waals surface area contributed by atoms with Gasteiger partial charge in [0.1, 0.15) is 5.82 Å². The number of hydrogen-bond donors (Lipinski definition) is 2. The van der Waals surface area contributed by atoms with Gasteiger partial charge in [0.05, 0.1) is 40.8 Å².